The molecule has 2 aromatic rings. The lowest BCUT2D eigenvalue weighted by Gasteiger charge is -2.23. The number of carbonyl (C=O) groups is 1. The van der Waals surface area contributed by atoms with Gasteiger partial charge in [0, 0.05) is 17.6 Å². The van der Waals surface area contributed by atoms with Gasteiger partial charge >= 0.3 is 5.97 Å². The second kappa shape index (κ2) is 8.35. The van der Waals surface area contributed by atoms with E-state index in [1.54, 1.807) is 52.1 Å². The predicted molar refractivity (Wildman–Crippen MR) is 109 cm³/mol. The van der Waals surface area contributed by atoms with Crippen molar-refractivity contribution in [2.45, 2.75) is 30.2 Å². The van der Waals surface area contributed by atoms with Gasteiger partial charge in [0.2, 0.25) is 9.74 Å². The zero-order valence-electron chi connectivity index (χ0n) is 15.1. The molecule has 0 bridgehead atoms. The third-order valence-electron chi connectivity index (χ3n) is 3.11. The summed E-state index contributed by atoms with van der Waals surface area (Å²) in [6.45, 7) is 5.27. The number of benzene rings is 1. The number of anilines is 1. The van der Waals surface area contributed by atoms with Crippen molar-refractivity contribution in [1.29, 1.82) is 0 Å². The first-order valence-electron chi connectivity index (χ1n) is 7.87. The Labute approximate surface area is 177 Å². The van der Waals surface area contributed by atoms with Gasteiger partial charge in [-0.2, -0.15) is 9.97 Å². The third-order valence-corrected chi connectivity index (χ3v) is 3.87. The van der Waals surface area contributed by atoms with Gasteiger partial charge in [0.15, 0.2) is 11.6 Å². The molecular weight excluding hydrogens is 434 g/mol. The summed E-state index contributed by atoms with van der Waals surface area (Å²) in [6.07, 6.45) is 0. The number of nitrogens with zero attached hydrogens (tertiary/aromatic N) is 4. The van der Waals surface area contributed by atoms with Crippen LogP contribution in [-0.2, 0) is 13.3 Å². The number of hydrogen-bond acceptors (Lipinski definition) is 6. The number of hydrogen-bond donors (Lipinski definition) is 0. The summed E-state index contributed by atoms with van der Waals surface area (Å²) in [6, 6.07) is 6.86. The van der Waals surface area contributed by atoms with Crippen molar-refractivity contribution in [1.82, 2.24) is 15.0 Å². The highest BCUT2D eigenvalue weighted by Crippen LogP contribution is 2.37. The molecule has 0 radical (unpaired) electrons. The summed E-state index contributed by atoms with van der Waals surface area (Å²) in [7, 11) is 1.63. The molecule has 0 fully saturated rings. The van der Waals surface area contributed by atoms with E-state index in [2.05, 4.69) is 15.0 Å². The molecule has 6 nitrogen and oxygen atoms in total. The maximum absolute atomic E-state index is 12.1. The van der Waals surface area contributed by atoms with Gasteiger partial charge in [-0.1, -0.05) is 46.4 Å². The van der Waals surface area contributed by atoms with E-state index in [0.717, 1.165) is 0 Å². The van der Waals surface area contributed by atoms with E-state index in [4.69, 9.17) is 51.1 Å². The average Bonchev–Trinajstić information content (AvgIpc) is 2.52. The number of esters is 1. The van der Waals surface area contributed by atoms with E-state index >= 15 is 0 Å². The summed E-state index contributed by atoms with van der Waals surface area (Å²) in [5, 5.41) is 0.566. The molecule has 10 heteroatoms. The maximum Gasteiger partial charge on any atom is 0.326 e. The molecule has 1 heterocycles. The number of alkyl halides is 3. The average molecular weight is 452 g/mol. The highest BCUT2D eigenvalue weighted by atomic mass is 35.6. The maximum atomic E-state index is 12.1. The lowest BCUT2D eigenvalue weighted by Crippen LogP contribution is -2.34. The molecule has 1 aromatic carbocycles. The van der Waals surface area contributed by atoms with Crippen LogP contribution in [0.3, 0.4) is 0 Å². The van der Waals surface area contributed by atoms with E-state index in [9.17, 15) is 4.79 Å². The van der Waals surface area contributed by atoms with Crippen LogP contribution in [0.2, 0.25) is 5.02 Å². The first-order chi connectivity index (χ1) is 12.3. The Kier molecular flexibility index (Phi) is 6.79. The van der Waals surface area contributed by atoms with Gasteiger partial charge in [-0.3, -0.25) is 4.79 Å². The van der Waals surface area contributed by atoms with E-state index in [1.807, 2.05) is 0 Å². The number of likely N-dealkylation sites (N-methyl/N-ethyl adjacent to an activating group) is 1. The van der Waals surface area contributed by atoms with Crippen LogP contribution in [0.25, 0.3) is 11.4 Å². The van der Waals surface area contributed by atoms with Gasteiger partial charge in [-0.25, -0.2) is 4.98 Å². The van der Waals surface area contributed by atoms with Crippen molar-refractivity contribution in [2.24, 2.45) is 0 Å². The minimum Gasteiger partial charge on any atom is -0.459 e. The quantitative estimate of drug-likeness (QED) is 0.491. The fourth-order valence-corrected chi connectivity index (χ4v) is 2.41. The Morgan fingerprint density at radius 2 is 1.67 bits per heavy atom. The largest absolute Gasteiger partial charge is 0.459 e. The Hall–Kier alpha value is -1.34. The number of rotatable bonds is 4. The van der Waals surface area contributed by atoms with Crippen molar-refractivity contribution < 1.29 is 9.53 Å². The lowest BCUT2D eigenvalue weighted by atomic mass is 10.2. The third kappa shape index (κ3) is 6.64. The zero-order valence-corrected chi connectivity index (χ0v) is 18.2. The first-order valence-corrected chi connectivity index (χ1v) is 9.38. The zero-order chi connectivity index (χ0) is 20.4. The Morgan fingerprint density at radius 1 is 1.07 bits per heavy atom. The molecule has 0 N–H and O–H groups in total. The van der Waals surface area contributed by atoms with Crippen molar-refractivity contribution in [3.8, 4) is 11.4 Å². The van der Waals surface area contributed by atoms with E-state index in [0.29, 0.717) is 10.6 Å². The summed E-state index contributed by atoms with van der Waals surface area (Å²) in [5.74, 6) is -0.0384. The topological polar surface area (TPSA) is 68.2 Å². The number of aromatic nitrogens is 3. The second-order valence-corrected chi connectivity index (χ2v) is 9.45. The number of halogens is 4. The normalized spacial score (nSPS) is 12.0. The lowest BCUT2D eigenvalue weighted by molar-refractivity contribution is -0.152. The van der Waals surface area contributed by atoms with Gasteiger partial charge in [0.25, 0.3) is 0 Å². The van der Waals surface area contributed by atoms with Crippen LogP contribution < -0.4 is 4.90 Å². The van der Waals surface area contributed by atoms with Gasteiger partial charge in [-0.15, -0.1) is 0 Å². The molecule has 0 aliphatic heterocycles. The predicted octanol–water partition coefficient (Wildman–Crippen LogP) is 4.80. The van der Waals surface area contributed by atoms with Crippen LogP contribution in [0.1, 0.15) is 26.6 Å². The van der Waals surface area contributed by atoms with Gasteiger partial charge < -0.3 is 9.64 Å². The molecule has 0 aliphatic rings. The molecular formula is C17H18Cl4N4O2. The van der Waals surface area contributed by atoms with Gasteiger partial charge in [0.1, 0.15) is 12.1 Å². The SMILES string of the molecule is CN(CC(=O)OC(C)(C)C)c1nc(-c2ccc(Cl)cc2)nc(C(Cl)(Cl)Cl)n1. The van der Waals surface area contributed by atoms with Crippen molar-refractivity contribution in [2.75, 3.05) is 18.5 Å². The smallest absolute Gasteiger partial charge is 0.326 e. The van der Waals surface area contributed by atoms with Crippen LogP contribution in [0.4, 0.5) is 5.95 Å². The van der Waals surface area contributed by atoms with Crippen LogP contribution in [0.5, 0.6) is 0 Å². The second-order valence-electron chi connectivity index (χ2n) is 6.73. The molecule has 2 rings (SSSR count). The molecule has 0 unspecified atom stereocenters. The molecule has 0 saturated heterocycles. The Balaban J connectivity index is 2.38. The highest BCUT2D eigenvalue weighted by Gasteiger charge is 2.29. The standard InChI is InChI=1S/C17H18Cl4N4O2/c1-16(2,3)27-12(26)9-25(4)15-23-13(10-5-7-11(18)8-6-10)22-14(24-15)17(19,20)21/h5-8H,9H2,1-4H3. The van der Waals surface area contributed by atoms with E-state index < -0.39 is 15.4 Å². The molecule has 0 saturated carbocycles. The fraction of sp³-hybridized carbons (Fsp3) is 0.412. The van der Waals surface area contributed by atoms with Crippen molar-refractivity contribution in [3.05, 3.63) is 35.1 Å². The molecule has 146 valence electrons. The number of ether oxygens (including phenoxy) is 1. The van der Waals surface area contributed by atoms with Crippen LogP contribution >= 0.6 is 46.4 Å². The van der Waals surface area contributed by atoms with Crippen LogP contribution in [-0.4, -0.2) is 40.1 Å². The summed E-state index contributed by atoms with van der Waals surface area (Å²) in [4.78, 5) is 26.3. The molecule has 1 aromatic heterocycles. The molecule has 0 spiro atoms. The minimum absolute atomic E-state index is 0.0570. The van der Waals surface area contributed by atoms with Gasteiger partial charge in [0.05, 0.1) is 0 Å². The van der Waals surface area contributed by atoms with Crippen LogP contribution in [0, 0.1) is 0 Å². The van der Waals surface area contributed by atoms with Gasteiger partial charge in [-0.05, 0) is 45.0 Å². The molecule has 27 heavy (non-hydrogen) atoms. The summed E-state index contributed by atoms with van der Waals surface area (Å²) in [5.41, 5.74) is 0.0537. The Morgan fingerprint density at radius 3 is 2.19 bits per heavy atom. The van der Waals surface area contributed by atoms with E-state index in [1.165, 1.54) is 4.90 Å². The van der Waals surface area contributed by atoms with E-state index in [-0.39, 0.29) is 24.1 Å². The van der Waals surface area contributed by atoms with Crippen LogP contribution in [0.15, 0.2) is 24.3 Å². The first kappa shape index (κ1) is 22.0. The summed E-state index contributed by atoms with van der Waals surface area (Å²) < 4.78 is 3.46. The summed E-state index contributed by atoms with van der Waals surface area (Å²) >= 11 is 23.8. The number of carbonyl (C=O) groups excluding carboxylic acids is 1. The van der Waals surface area contributed by atoms with Crippen molar-refractivity contribution in [3.63, 3.8) is 0 Å². The minimum atomic E-state index is -1.86. The molecule has 0 aliphatic carbocycles. The molecule has 0 atom stereocenters. The van der Waals surface area contributed by atoms with Crippen molar-refractivity contribution >= 4 is 58.3 Å². The fourth-order valence-electron chi connectivity index (χ4n) is 2.03. The Bertz CT molecular complexity index is 817. The highest BCUT2D eigenvalue weighted by molar-refractivity contribution is 6.66. The monoisotopic (exact) mass is 450 g/mol. The molecule has 0 amide bonds.